The monoisotopic (exact) mass is 610 g/mol. The number of carbonyl (C=O) groups excluding carboxylic acids is 3. The zero-order valence-corrected chi connectivity index (χ0v) is 27.4. The lowest BCUT2D eigenvalue weighted by atomic mass is 9.81. The number of hydrogen-bond acceptors (Lipinski definition) is 7. The third-order valence-electron chi connectivity index (χ3n) is 10.3. The Kier molecular flexibility index (Phi) is 7.83. The molecule has 8 bridgehead atoms. The second kappa shape index (κ2) is 11.5. The molecule has 1 unspecified atom stereocenters. The number of methoxy groups -OCH3 is 2. The molecule has 4 atom stereocenters. The molecule has 0 amide bonds. The highest BCUT2D eigenvalue weighted by Gasteiger charge is 2.51. The van der Waals surface area contributed by atoms with E-state index < -0.39 is 11.9 Å². The van der Waals surface area contributed by atoms with Gasteiger partial charge in [0.1, 0.15) is 5.92 Å². The highest BCUT2D eigenvalue weighted by molar-refractivity contribution is 6.26. The van der Waals surface area contributed by atoms with E-state index >= 15 is 0 Å². The fourth-order valence-electron chi connectivity index (χ4n) is 7.66. The Morgan fingerprint density at radius 2 is 1.67 bits per heavy atom. The van der Waals surface area contributed by atoms with E-state index in [1.54, 1.807) is 0 Å². The molecular weight excluding hydrogens is 568 g/mol. The Morgan fingerprint density at radius 1 is 0.933 bits per heavy atom. The maximum Gasteiger partial charge on any atom is 0.321 e. The summed E-state index contributed by atoms with van der Waals surface area (Å²) in [6, 6.07) is -0.259. The number of aromatic nitrogens is 2. The van der Waals surface area contributed by atoms with Gasteiger partial charge >= 0.3 is 11.9 Å². The van der Waals surface area contributed by atoms with E-state index in [-0.39, 0.29) is 36.1 Å². The Bertz CT molecular complexity index is 1900. The molecule has 1 aliphatic carbocycles. The van der Waals surface area contributed by atoms with Crippen molar-refractivity contribution in [3.05, 3.63) is 72.5 Å². The van der Waals surface area contributed by atoms with Gasteiger partial charge < -0.3 is 24.8 Å². The summed E-state index contributed by atoms with van der Waals surface area (Å²) in [7, 11) is 2.69. The van der Waals surface area contributed by atoms with Gasteiger partial charge in [0.15, 0.2) is 5.78 Å². The fraction of sp³-hybridized carbons (Fsp3) is 0.444. The molecule has 2 aromatic rings. The number of Topliss-reactive ketones (excluding diaryl/α,β-unsaturated/α-hetero) is 1. The van der Waals surface area contributed by atoms with Gasteiger partial charge in [-0.05, 0) is 86.1 Å². The summed E-state index contributed by atoms with van der Waals surface area (Å²) < 4.78 is 10.2. The lowest BCUT2D eigenvalue weighted by Crippen LogP contribution is -2.32. The molecule has 0 spiro atoms. The van der Waals surface area contributed by atoms with Crippen LogP contribution < -0.4 is 16.0 Å². The van der Waals surface area contributed by atoms with Crippen molar-refractivity contribution in [2.45, 2.75) is 73.3 Å². The highest BCUT2D eigenvalue weighted by atomic mass is 16.5. The molecule has 3 N–H and O–H groups in total. The molecule has 0 saturated heterocycles. The molecule has 0 aromatic carbocycles. The molecule has 9 nitrogen and oxygen atoms in total. The van der Waals surface area contributed by atoms with Crippen LogP contribution in [-0.2, 0) is 36.7 Å². The van der Waals surface area contributed by atoms with Gasteiger partial charge in [-0.3, -0.25) is 19.4 Å². The van der Waals surface area contributed by atoms with Crippen LogP contribution in [0.3, 0.4) is 0 Å². The Morgan fingerprint density at radius 3 is 2.33 bits per heavy atom. The summed E-state index contributed by atoms with van der Waals surface area (Å²) in [5.74, 6) is -2.63. The van der Waals surface area contributed by atoms with Crippen LogP contribution in [0.1, 0.15) is 74.2 Å². The number of rotatable bonds is 6. The minimum Gasteiger partial charge on any atom is -0.469 e. The molecule has 0 fully saturated rings. The van der Waals surface area contributed by atoms with Crippen molar-refractivity contribution < 1.29 is 23.9 Å². The minimum atomic E-state index is -1.13. The van der Waals surface area contributed by atoms with Crippen molar-refractivity contribution in [3.63, 3.8) is 0 Å². The molecule has 9 heteroatoms. The van der Waals surface area contributed by atoms with Gasteiger partial charge in [-0.15, -0.1) is 0 Å². The van der Waals surface area contributed by atoms with E-state index in [0.29, 0.717) is 29.0 Å². The second-order valence-corrected chi connectivity index (χ2v) is 12.5. The van der Waals surface area contributed by atoms with Crippen LogP contribution in [0.15, 0.2) is 33.1 Å². The Balaban J connectivity index is 1.67. The molecule has 3 aliphatic heterocycles. The second-order valence-electron chi connectivity index (χ2n) is 12.5. The first-order chi connectivity index (χ1) is 21.5. The zero-order chi connectivity index (χ0) is 32.3. The van der Waals surface area contributed by atoms with E-state index in [1.165, 1.54) is 30.9 Å². The number of ether oxygens (including phenoxy) is 2. The van der Waals surface area contributed by atoms with Crippen LogP contribution >= 0.6 is 0 Å². The average Bonchev–Trinajstić information content (AvgIpc) is 3.76. The first-order valence-electron chi connectivity index (χ1n) is 15.9. The van der Waals surface area contributed by atoms with Gasteiger partial charge in [0, 0.05) is 57.2 Å². The lowest BCUT2D eigenvalue weighted by Gasteiger charge is -2.22. The number of allylic oxidation sites excluding steroid dienone is 2. The average molecular weight is 611 g/mol. The van der Waals surface area contributed by atoms with E-state index in [2.05, 4.69) is 68.1 Å². The number of nitrogens with one attached hydrogen (secondary N) is 3. The van der Waals surface area contributed by atoms with E-state index in [1.807, 2.05) is 6.92 Å². The van der Waals surface area contributed by atoms with Gasteiger partial charge in [-0.25, -0.2) is 0 Å². The Labute approximate surface area is 263 Å². The molecule has 5 heterocycles. The summed E-state index contributed by atoms with van der Waals surface area (Å²) in [5, 5.41) is 5.66. The number of carbonyl (C=O) groups is 3. The number of ketones is 1. The highest BCUT2D eigenvalue weighted by Crippen LogP contribution is 2.46. The van der Waals surface area contributed by atoms with Crippen LogP contribution in [0.4, 0.5) is 0 Å². The maximum absolute atomic E-state index is 14.1. The summed E-state index contributed by atoms with van der Waals surface area (Å²) >= 11 is 0. The van der Waals surface area contributed by atoms with E-state index in [4.69, 9.17) is 14.5 Å². The molecule has 0 radical (unpaired) electrons. The molecule has 0 saturated carbocycles. The van der Waals surface area contributed by atoms with Gasteiger partial charge in [0.05, 0.1) is 31.7 Å². The van der Waals surface area contributed by atoms with Gasteiger partial charge in [-0.1, -0.05) is 20.8 Å². The quantitative estimate of drug-likeness (QED) is 0.339. The standard InChI is InChI=1S/C36H42N4O5/c1-9-20-16(3)23-13-25-18(5)22(11-12-29(41)44-7)33(39-25)31-32(36(43)45-8)35(42)30-19(6)26(40-34(30)31)15-28-21(10-2)17(4)24(38-28)14-27(20)37-23/h13-15,18,22,26,32,37-38,40H,9-12H2,1-8H3/t18-,22-,26?,32+/m1/s1. The van der Waals surface area contributed by atoms with Crippen LogP contribution in [0.2, 0.25) is 0 Å². The van der Waals surface area contributed by atoms with E-state index in [0.717, 1.165) is 51.8 Å². The van der Waals surface area contributed by atoms with Crippen molar-refractivity contribution in [2.24, 2.45) is 22.7 Å². The lowest BCUT2D eigenvalue weighted by molar-refractivity contribution is -0.146. The third-order valence-corrected chi connectivity index (χ3v) is 10.3. The zero-order valence-electron chi connectivity index (χ0n) is 27.4. The number of aromatic amines is 2. The van der Waals surface area contributed by atoms with Gasteiger partial charge in [0.2, 0.25) is 0 Å². The smallest absolute Gasteiger partial charge is 0.321 e. The van der Waals surface area contributed by atoms with Gasteiger partial charge in [0.25, 0.3) is 0 Å². The minimum absolute atomic E-state index is 0.0835. The molecule has 45 heavy (non-hydrogen) atoms. The number of nitrogens with zero attached hydrogens (tertiary/aromatic N) is 1. The van der Waals surface area contributed by atoms with Crippen LogP contribution in [0, 0.1) is 31.6 Å². The maximum atomic E-state index is 14.1. The van der Waals surface area contributed by atoms with Crippen molar-refractivity contribution in [1.82, 2.24) is 15.3 Å². The van der Waals surface area contributed by atoms with Gasteiger partial charge in [-0.2, -0.15) is 0 Å². The molecule has 4 aliphatic rings. The normalized spacial score (nSPS) is 23.4. The summed E-state index contributed by atoms with van der Waals surface area (Å²) in [5.41, 5.74) is 10.9. The summed E-state index contributed by atoms with van der Waals surface area (Å²) in [6.45, 7) is 12.6. The van der Waals surface area contributed by atoms with Crippen molar-refractivity contribution in [1.29, 1.82) is 0 Å². The van der Waals surface area contributed by atoms with Crippen LogP contribution in [0.25, 0.3) is 18.2 Å². The molecule has 236 valence electrons. The summed E-state index contributed by atoms with van der Waals surface area (Å²) in [6.07, 6.45) is 8.79. The topological polar surface area (TPSA) is 126 Å². The molecular formula is C36H42N4O5. The van der Waals surface area contributed by atoms with Crippen LogP contribution in [0.5, 0.6) is 0 Å². The number of hydrogen-bond donors (Lipinski definition) is 3. The van der Waals surface area contributed by atoms with Crippen molar-refractivity contribution in [3.8, 4) is 0 Å². The van der Waals surface area contributed by atoms with Crippen molar-refractivity contribution in [2.75, 3.05) is 14.2 Å². The number of H-pyrrole nitrogens is 2. The predicted octanol–water partition coefficient (Wildman–Crippen LogP) is 3.62. The van der Waals surface area contributed by atoms with E-state index in [9.17, 15) is 14.4 Å². The Hall–Kier alpha value is -4.40. The largest absolute Gasteiger partial charge is 0.469 e. The fourth-order valence-corrected chi connectivity index (χ4v) is 7.66. The van der Waals surface area contributed by atoms with Crippen molar-refractivity contribution >= 4 is 41.7 Å². The third kappa shape index (κ3) is 4.75. The summed E-state index contributed by atoms with van der Waals surface area (Å²) in [4.78, 5) is 52.2. The number of fused-ring (bicyclic) bond motifs is 7. The number of esters is 2. The first kappa shape index (κ1) is 30.6. The first-order valence-corrected chi connectivity index (χ1v) is 15.9. The number of aliphatic imine (C=N–C) groups is 1. The van der Waals surface area contributed by atoms with Crippen LogP contribution in [-0.4, -0.2) is 53.7 Å². The SMILES string of the molecule is CCc1c2[nH]c(c1C)C=C1N=C(C3=C4NC(C=c5[nH]c(c(C)c5CC)=C2)C(C)=C4C(=O)[C@H]3C(=O)OC)[C@H](CCC(=O)OC)[C@H]1C. The molecule has 2 aromatic heterocycles. The molecule has 6 rings (SSSR count). The predicted molar refractivity (Wildman–Crippen MR) is 174 cm³/mol.